The first-order chi connectivity index (χ1) is 8.04. The standard InChI is InChI=1S/C13H18BrNO2/c1-3-12(10(2)14)7-4-11-5-8-13(9-6-11)15(16)17/h5-6,8-10,12H,3-4,7H2,1-2H3. The van der Waals surface area contributed by atoms with Crippen molar-refractivity contribution in [3.63, 3.8) is 0 Å². The molecule has 0 spiro atoms. The molecule has 0 heterocycles. The van der Waals surface area contributed by atoms with Crippen LogP contribution in [0.15, 0.2) is 24.3 Å². The number of nitro benzene ring substituents is 1. The fraction of sp³-hybridized carbons (Fsp3) is 0.538. The summed E-state index contributed by atoms with van der Waals surface area (Å²) in [5.74, 6) is 0.658. The van der Waals surface area contributed by atoms with Crippen molar-refractivity contribution >= 4 is 21.6 Å². The fourth-order valence-corrected chi connectivity index (χ4v) is 2.53. The Morgan fingerprint density at radius 2 is 1.94 bits per heavy atom. The summed E-state index contributed by atoms with van der Waals surface area (Å²) in [4.78, 5) is 10.7. The summed E-state index contributed by atoms with van der Waals surface area (Å²) >= 11 is 3.62. The van der Waals surface area contributed by atoms with Crippen LogP contribution < -0.4 is 0 Å². The SMILES string of the molecule is CCC(CCc1ccc([N+](=O)[O-])cc1)C(C)Br. The van der Waals surface area contributed by atoms with Crippen molar-refractivity contribution in [2.75, 3.05) is 0 Å². The van der Waals surface area contributed by atoms with Crippen LogP contribution in [0.5, 0.6) is 0 Å². The smallest absolute Gasteiger partial charge is 0.258 e. The van der Waals surface area contributed by atoms with Gasteiger partial charge in [0.05, 0.1) is 4.92 Å². The Hall–Kier alpha value is -0.900. The van der Waals surface area contributed by atoms with Gasteiger partial charge in [-0.15, -0.1) is 0 Å². The minimum absolute atomic E-state index is 0.162. The molecule has 1 aromatic carbocycles. The molecule has 0 amide bonds. The highest BCUT2D eigenvalue weighted by Crippen LogP contribution is 2.22. The summed E-state index contributed by atoms with van der Waals surface area (Å²) < 4.78 is 0. The minimum Gasteiger partial charge on any atom is -0.258 e. The van der Waals surface area contributed by atoms with E-state index in [1.807, 2.05) is 12.1 Å². The van der Waals surface area contributed by atoms with E-state index in [2.05, 4.69) is 29.8 Å². The number of halogens is 1. The molecule has 0 aliphatic carbocycles. The topological polar surface area (TPSA) is 43.1 Å². The van der Waals surface area contributed by atoms with Gasteiger partial charge >= 0.3 is 0 Å². The van der Waals surface area contributed by atoms with Gasteiger partial charge in [0.15, 0.2) is 0 Å². The van der Waals surface area contributed by atoms with Gasteiger partial charge in [-0.1, -0.05) is 48.3 Å². The fourth-order valence-electron chi connectivity index (χ4n) is 1.89. The van der Waals surface area contributed by atoms with Gasteiger partial charge in [0, 0.05) is 17.0 Å². The van der Waals surface area contributed by atoms with E-state index in [0.29, 0.717) is 10.7 Å². The molecule has 1 aromatic rings. The van der Waals surface area contributed by atoms with Crippen molar-refractivity contribution in [3.8, 4) is 0 Å². The van der Waals surface area contributed by atoms with Crippen molar-refractivity contribution in [2.24, 2.45) is 5.92 Å². The molecule has 3 nitrogen and oxygen atoms in total. The quantitative estimate of drug-likeness (QED) is 0.445. The normalized spacial score (nSPS) is 14.3. The summed E-state index contributed by atoms with van der Waals surface area (Å²) in [6.07, 6.45) is 3.24. The van der Waals surface area contributed by atoms with E-state index >= 15 is 0 Å². The number of alkyl halides is 1. The van der Waals surface area contributed by atoms with Gasteiger partial charge in [0.2, 0.25) is 0 Å². The van der Waals surface area contributed by atoms with Crippen LogP contribution in [0.4, 0.5) is 5.69 Å². The zero-order valence-corrected chi connectivity index (χ0v) is 11.8. The second kappa shape index (κ2) is 6.74. The summed E-state index contributed by atoms with van der Waals surface area (Å²) in [6.45, 7) is 4.36. The number of rotatable bonds is 6. The predicted molar refractivity (Wildman–Crippen MR) is 73.6 cm³/mol. The number of non-ortho nitro benzene ring substituents is 1. The monoisotopic (exact) mass is 299 g/mol. The number of nitrogens with zero attached hydrogens (tertiary/aromatic N) is 1. The van der Waals surface area contributed by atoms with Crippen LogP contribution >= 0.6 is 15.9 Å². The number of hydrogen-bond acceptors (Lipinski definition) is 2. The molecule has 0 aliphatic rings. The van der Waals surface area contributed by atoms with E-state index in [-0.39, 0.29) is 10.6 Å². The first-order valence-corrected chi connectivity index (χ1v) is 6.83. The number of benzene rings is 1. The number of hydrogen-bond donors (Lipinski definition) is 0. The average Bonchev–Trinajstić information content (AvgIpc) is 2.30. The molecule has 2 unspecified atom stereocenters. The Balaban J connectivity index is 2.55. The van der Waals surface area contributed by atoms with Gasteiger partial charge < -0.3 is 0 Å². The first kappa shape index (κ1) is 14.2. The maximum absolute atomic E-state index is 10.5. The molecule has 0 saturated carbocycles. The number of aryl methyl sites for hydroxylation is 1. The lowest BCUT2D eigenvalue weighted by Crippen LogP contribution is -2.10. The molecule has 0 aliphatic heterocycles. The Kier molecular flexibility index (Phi) is 5.62. The maximum atomic E-state index is 10.5. The third-order valence-electron chi connectivity index (χ3n) is 3.12. The molecule has 0 aromatic heterocycles. The molecular formula is C13H18BrNO2. The molecule has 17 heavy (non-hydrogen) atoms. The third-order valence-corrected chi connectivity index (χ3v) is 3.87. The molecule has 94 valence electrons. The highest BCUT2D eigenvalue weighted by molar-refractivity contribution is 9.09. The maximum Gasteiger partial charge on any atom is 0.269 e. The van der Waals surface area contributed by atoms with E-state index < -0.39 is 0 Å². The van der Waals surface area contributed by atoms with Crippen molar-refractivity contribution in [3.05, 3.63) is 39.9 Å². The molecule has 1 rings (SSSR count). The summed E-state index contributed by atoms with van der Waals surface area (Å²) in [5, 5.41) is 10.5. The van der Waals surface area contributed by atoms with E-state index in [0.717, 1.165) is 19.3 Å². The second-order valence-electron chi connectivity index (χ2n) is 4.31. The Labute approximate surface area is 111 Å². The minimum atomic E-state index is -0.362. The first-order valence-electron chi connectivity index (χ1n) is 5.92. The van der Waals surface area contributed by atoms with Gasteiger partial charge in [0.1, 0.15) is 0 Å². The highest BCUT2D eigenvalue weighted by Gasteiger charge is 2.12. The Bertz CT molecular complexity index is 362. The van der Waals surface area contributed by atoms with E-state index in [1.54, 1.807) is 12.1 Å². The summed E-state index contributed by atoms with van der Waals surface area (Å²) in [6, 6.07) is 6.86. The largest absolute Gasteiger partial charge is 0.269 e. The zero-order chi connectivity index (χ0) is 12.8. The molecule has 0 fully saturated rings. The van der Waals surface area contributed by atoms with Gasteiger partial charge in [-0.2, -0.15) is 0 Å². The summed E-state index contributed by atoms with van der Waals surface area (Å²) in [5.41, 5.74) is 1.33. The van der Waals surface area contributed by atoms with Crippen LogP contribution in [-0.2, 0) is 6.42 Å². The van der Waals surface area contributed by atoms with Crippen LogP contribution in [0, 0.1) is 16.0 Å². The Morgan fingerprint density at radius 3 is 2.35 bits per heavy atom. The molecule has 0 radical (unpaired) electrons. The molecule has 2 atom stereocenters. The van der Waals surface area contributed by atoms with Crippen LogP contribution in [0.1, 0.15) is 32.3 Å². The van der Waals surface area contributed by atoms with Gasteiger partial charge in [-0.05, 0) is 24.3 Å². The molecule has 4 heteroatoms. The third kappa shape index (κ3) is 4.46. The van der Waals surface area contributed by atoms with Crippen molar-refractivity contribution in [1.29, 1.82) is 0 Å². The zero-order valence-electron chi connectivity index (χ0n) is 10.2. The van der Waals surface area contributed by atoms with Gasteiger partial charge in [-0.3, -0.25) is 10.1 Å². The van der Waals surface area contributed by atoms with Crippen LogP contribution in [0.25, 0.3) is 0 Å². The number of nitro groups is 1. The van der Waals surface area contributed by atoms with E-state index in [1.165, 1.54) is 5.56 Å². The molecular weight excluding hydrogens is 282 g/mol. The molecule has 0 bridgehead atoms. The molecule has 0 saturated heterocycles. The van der Waals surface area contributed by atoms with Crippen molar-refractivity contribution in [2.45, 2.75) is 37.9 Å². The van der Waals surface area contributed by atoms with E-state index in [9.17, 15) is 10.1 Å². The highest BCUT2D eigenvalue weighted by atomic mass is 79.9. The van der Waals surface area contributed by atoms with Gasteiger partial charge in [0.25, 0.3) is 5.69 Å². The lowest BCUT2D eigenvalue weighted by molar-refractivity contribution is -0.384. The summed E-state index contributed by atoms with van der Waals surface area (Å²) in [7, 11) is 0. The van der Waals surface area contributed by atoms with E-state index in [4.69, 9.17) is 0 Å². The Morgan fingerprint density at radius 1 is 1.35 bits per heavy atom. The predicted octanol–water partition coefficient (Wildman–Crippen LogP) is 4.34. The van der Waals surface area contributed by atoms with Crippen LogP contribution in [0.2, 0.25) is 0 Å². The van der Waals surface area contributed by atoms with Crippen LogP contribution in [0.3, 0.4) is 0 Å². The second-order valence-corrected chi connectivity index (χ2v) is 5.75. The van der Waals surface area contributed by atoms with Crippen LogP contribution in [-0.4, -0.2) is 9.75 Å². The van der Waals surface area contributed by atoms with Crippen molar-refractivity contribution in [1.82, 2.24) is 0 Å². The van der Waals surface area contributed by atoms with Crippen molar-refractivity contribution < 1.29 is 4.92 Å². The lowest BCUT2D eigenvalue weighted by Gasteiger charge is -2.17. The average molecular weight is 300 g/mol. The lowest BCUT2D eigenvalue weighted by atomic mass is 9.95. The molecule has 0 N–H and O–H groups in total. The van der Waals surface area contributed by atoms with Gasteiger partial charge in [-0.25, -0.2) is 0 Å².